The second-order valence-electron chi connectivity index (χ2n) is 4.48. The summed E-state index contributed by atoms with van der Waals surface area (Å²) in [6, 6.07) is 7.28. The first-order valence-electron chi connectivity index (χ1n) is 6.15. The largest absolute Gasteiger partial charge is 0.497 e. The molecule has 0 spiro atoms. The van der Waals surface area contributed by atoms with Crippen molar-refractivity contribution in [2.24, 2.45) is 4.99 Å². The Morgan fingerprint density at radius 2 is 2.05 bits per heavy atom. The summed E-state index contributed by atoms with van der Waals surface area (Å²) in [7, 11) is 1.63. The van der Waals surface area contributed by atoms with Gasteiger partial charge in [-0.3, -0.25) is 4.99 Å². The summed E-state index contributed by atoms with van der Waals surface area (Å²) < 4.78 is 10.3. The summed E-state index contributed by atoms with van der Waals surface area (Å²) >= 11 is 1.58. The summed E-state index contributed by atoms with van der Waals surface area (Å²) in [6.07, 6.45) is -0.0993. The highest BCUT2D eigenvalue weighted by molar-refractivity contribution is 8.14. The van der Waals surface area contributed by atoms with Crippen LogP contribution in [-0.4, -0.2) is 36.0 Å². The molecule has 0 saturated heterocycles. The summed E-state index contributed by atoms with van der Waals surface area (Å²) in [4.78, 5) is 16.2. The summed E-state index contributed by atoms with van der Waals surface area (Å²) in [5.74, 6) is 1.21. The molecule has 102 valence electrons. The van der Waals surface area contributed by atoms with E-state index in [4.69, 9.17) is 9.47 Å². The predicted molar refractivity (Wildman–Crippen MR) is 77.0 cm³/mol. The van der Waals surface area contributed by atoms with Crippen LogP contribution >= 0.6 is 11.8 Å². The van der Waals surface area contributed by atoms with Gasteiger partial charge in [0.25, 0.3) is 0 Å². The first-order valence-corrected chi connectivity index (χ1v) is 7.14. The molecule has 0 bridgehead atoms. The minimum absolute atomic E-state index is 0.0993. The van der Waals surface area contributed by atoms with E-state index in [0.29, 0.717) is 5.75 Å². The first-order chi connectivity index (χ1) is 9.10. The summed E-state index contributed by atoms with van der Waals surface area (Å²) in [6.45, 7) is 3.68. The second-order valence-corrected chi connectivity index (χ2v) is 5.48. The van der Waals surface area contributed by atoms with Crippen molar-refractivity contribution in [3.8, 4) is 5.75 Å². The van der Waals surface area contributed by atoms with Crippen LogP contribution in [0.1, 0.15) is 19.4 Å². The van der Waals surface area contributed by atoms with Gasteiger partial charge in [0.1, 0.15) is 5.75 Å². The van der Waals surface area contributed by atoms with E-state index in [2.05, 4.69) is 4.99 Å². The molecular formula is C14H17NO3S. The smallest absolute Gasteiger partial charge is 0.332 e. The van der Waals surface area contributed by atoms with Crippen molar-refractivity contribution in [2.75, 3.05) is 12.9 Å². The molecule has 0 fully saturated rings. The molecule has 1 heterocycles. The normalized spacial score (nSPS) is 18.3. The Bertz CT molecular complexity index is 482. The lowest BCUT2D eigenvalue weighted by molar-refractivity contribution is -0.148. The van der Waals surface area contributed by atoms with Gasteiger partial charge in [-0.15, -0.1) is 11.8 Å². The molecule has 0 radical (unpaired) electrons. The van der Waals surface area contributed by atoms with Crippen molar-refractivity contribution >= 4 is 22.8 Å². The minimum atomic E-state index is -0.385. The van der Waals surface area contributed by atoms with Crippen molar-refractivity contribution in [1.82, 2.24) is 0 Å². The van der Waals surface area contributed by atoms with E-state index >= 15 is 0 Å². The van der Waals surface area contributed by atoms with Crippen molar-refractivity contribution < 1.29 is 14.3 Å². The number of ether oxygens (including phenoxy) is 2. The van der Waals surface area contributed by atoms with E-state index in [0.717, 1.165) is 16.4 Å². The quantitative estimate of drug-likeness (QED) is 0.795. The van der Waals surface area contributed by atoms with Crippen LogP contribution in [-0.2, 0) is 9.53 Å². The highest BCUT2D eigenvalue weighted by Crippen LogP contribution is 2.25. The van der Waals surface area contributed by atoms with Crippen LogP contribution < -0.4 is 4.74 Å². The highest BCUT2D eigenvalue weighted by Gasteiger charge is 2.27. The number of hydrogen-bond acceptors (Lipinski definition) is 5. The molecule has 19 heavy (non-hydrogen) atoms. The summed E-state index contributed by atoms with van der Waals surface area (Å²) in [5.41, 5.74) is 1.01. The Morgan fingerprint density at radius 3 is 2.63 bits per heavy atom. The molecule has 5 heteroatoms. The van der Waals surface area contributed by atoms with E-state index in [9.17, 15) is 4.79 Å². The number of nitrogens with zero attached hydrogens (tertiary/aromatic N) is 1. The third-order valence-electron chi connectivity index (χ3n) is 2.61. The number of rotatable bonds is 4. The van der Waals surface area contributed by atoms with E-state index in [1.807, 2.05) is 38.1 Å². The van der Waals surface area contributed by atoms with Gasteiger partial charge in [0.15, 0.2) is 6.04 Å². The number of benzene rings is 1. The van der Waals surface area contributed by atoms with Gasteiger partial charge in [0.2, 0.25) is 0 Å². The zero-order valence-corrected chi connectivity index (χ0v) is 12.1. The molecule has 4 nitrogen and oxygen atoms in total. The Balaban J connectivity index is 2.07. The number of esters is 1. The lowest BCUT2D eigenvalue weighted by atomic mass is 10.2. The Hall–Kier alpha value is -1.49. The lowest BCUT2D eigenvalue weighted by Crippen LogP contribution is -2.24. The van der Waals surface area contributed by atoms with Crippen LogP contribution in [0, 0.1) is 0 Å². The van der Waals surface area contributed by atoms with Crippen LogP contribution in [0.4, 0.5) is 0 Å². The molecule has 0 aliphatic carbocycles. The molecular weight excluding hydrogens is 262 g/mol. The third kappa shape index (κ3) is 3.50. The Kier molecular flexibility index (Phi) is 4.47. The lowest BCUT2D eigenvalue weighted by Gasteiger charge is -2.09. The maximum absolute atomic E-state index is 11.8. The fourth-order valence-electron chi connectivity index (χ4n) is 1.70. The second kappa shape index (κ2) is 6.10. The molecule has 2 rings (SSSR count). The third-order valence-corrected chi connectivity index (χ3v) is 3.71. The topological polar surface area (TPSA) is 47.9 Å². The molecule has 1 aliphatic rings. The standard InChI is InChI=1S/C14H17NO3S/c1-9(2)18-14(16)12-8-19-13(15-12)10-4-6-11(17-3)7-5-10/h4-7,9,12H,8H2,1-3H3. The number of carbonyl (C=O) groups excluding carboxylic acids is 1. The van der Waals surface area contributed by atoms with Gasteiger partial charge in [-0.1, -0.05) is 0 Å². The molecule has 0 N–H and O–H groups in total. The van der Waals surface area contributed by atoms with E-state index < -0.39 is 0 Å². The van der Waals surface area contributed by atoms with Crippen LogP contribution in [0.3, 0.4) is 0 Å². The average Bonchev–Trinajstić information content (AvgIpc) is 2.88. The number of thioether (sulfide) groups is 1. The monoisotopic (exact) mass is 279 g/mol. The van der Waals surface area contributed by atoms with Crippen LogP contribution in [0.5, 0.6) is 5.75 Å². The van der Waals surface area contributed by atoms with E-state index in [1.165, 1.54) is 0 Å². The number of methoxy groups -OCH3 is 1. The van der Waals surface area contributed by atoms with Gasteiger partial charge >= 0.3 is 5.97 Å². The van der Waals surface area contributed by atoms with Crippen LogP contribution in [0.2, 0.25) is 0 Å². The Morgan fingerprint density at radius 1 is 1.37 bits per heavy atom. The fourth-order valence-corrected chi connectivity index (χ4v) is 2.73. The van der Waals surface area contributed by atoms with Crippen molar-refractivity contribution in [3.63, 3.8) is 0 Å². The fraction of sp³-hybridized carbons (Fsp3) is 0.429. The maximum atomic E-state index is 11.8. The maximum Gasteiger partial charge on any atom is 0.332 e. The molecule has 1 aromatic carbocycles. The van der Waals surface area contributed by atoms with Gasteiger partial charge in [-0.25, -0.2) is 4.79 Å². The zero-order valence-electron chi connectivity index (χ0n) is 11.3. The minimum Gasteiger partial charge on any atom is -0.497 e. The molecule has 1 unspecified atom stereocenters. The highest BCUT2D eigenvalue weighted by atomic mass is 32.2. The van der Waals surface area contributed by atoms with Crippen LogP contribution in [0.15, 0.2) is 29.3 Å². The van der Waals surface area contributed by atoms with E-state index in [-0.39, 0.29) is 18.1 Å². The van der Waals surface area contributed by atoms with Gasteiger partial charge in [-0.05, 0) is 38.1 Å². The van der Waals surface area contributed by atoms with Gasteiger partial charge < -0.3 is 9.47 Å². The Labute approximate surface area is 117 Å². The summed E-state index contributed by atoms with van der Waals surface area (Å²) in [5, 5.41) is 0.883. The van der Waals surface area contributed by atoms with Gasteiger partial charge in [0.05, 0.1) is 18.3 Å². The van der Waals surface area contributed by atoms with Crippen LogP contribution in [0.25, 0.3) is 0 Å². The van der Waals surface area contributed by atoms with Gasteiger partial charge in [-0.2, -0.15) is 0 Å². The van der Waals surface area contributed by atoms with Crippen molar-refractivity contribution in [3.05, 3.63) is 29.8 Å². The number of aliphatic imine (C=N–C) groups is 1. The number of hydrogen-bond donors (Lipinski definition) is 0. The molecule has 0 aromatic heterocycles. The van der Waals surface area contributed by atoms with Crippen molar-refractivity contribution in [1.29, 1.82) is 0 Å². The SMILES string of the molecule is COc1ccc(C2=NC(C(=O)OC(C)C)CS2)cc1. The average molecular weight is 279 g/mol. The number of carbonyl (C=O) groups is 1. The molecule has 0 amide bonds. The van der Waals surface area contributed by atoms with E-state index in [1.54, 1.807) is 18.9 Å². The predicted octanol–water partition coefficient (Wildman–Crippen LogP) is 2.51. The molecule has 0 saturated carbocycles. The first kappa shape index (κ1) is 13.9. The molecule has 1 atom stereocenters. The zero-order chi connectivity index (χ0) is 13.8. The van der Waals surface area contributed by atoms with Gasteiger partial charge in [0, 0.05) is 11.3 Å². The molecule has 1 aromatic rings. The van der Waals surface area contributed by atoms with Crippen molar-refractivity contribution in [2.45, 2.75) is 26.0 Å². The molecule has 1 aliphatic heterocycles.